The summed E-state index contributed by atoms with van der Waals surface area (Å²) >= 11 is 0. The number of primary amides is 1. The third kappa shape index (κ3) is 18.5. The maximum Gasteiger partial charge on any atom is 0.245 e. The van der Waals surface area contributed by atoms with Gasteiger partial charge in [-0.1, -0.05) is 172 Å². The van der Waals surface area contributed by atoms with Crippen LogP contribution in [0.4, 0.5) is 11.4 Å². The lowest BCUT2D eigenvalue weighted by molar-refractivity contribution is -0.436. The Kier molecular flexibility index (Phi) is 25.3. The number of fused-ring (bicyclic) bond motifs is 10. The zero-order chi connectivity index (χ0) is 76.7. The second-order valence-corrected chi connectivity index (χ2v) is 29.2. The minimum absolute atomic E-state index is 0.00784. The van der Waals surface area contributed by atoms with Crippen molar-refractivity contribution in [3.63, 3.8) is 0 Å². The first-order valence-electron chi connectivity index (χ1n) is 37.3. The minimum Gasteiger partial charge on any atom is -0.872 e. The summed E-state index contributed by atoms with van der Waals surface area (Å²) in [6, 6.07) is 38.7. The van der Waals surface area contributed by atoms with Crippen molar-refractivity contribution in [1.29, 1.82) is 0 Å². The number of allylic oxidation sites excluding steroid dienone is 8. The zero-order valence-corrected chi connectivity index (χ0v) is 61.9. The summed E-state index contributed by atoms with van der Waals surface area (Å²) in [7, 11) is 0. The van der Waals surface area contributed by atoms with Crippen LogP contribution in [0, 0.1) is 0 Å². The van der Waals surface area contributed by atoms with Gasteiger partial charge in [-0.2, -0.15) is 4.58 Å². The van der Waals surface area contributed by atoms with Gasteiger partial charge in [0.05, 0.1) is 17.9 Å². The van der Waals surface area contributed by atoms with Gasteiger partial charge in [-0.05, 0) is 134 Å². The molecule has 0 unspecified atom stereocenters. The quantitative estimate of drug-likeness (QED) is 0.0410. The van der Waals surface area contributed by atoms with E-state index in [2.05, 4.69) is 140 Å². The van der Waals surface area contributed by atoms with Gasteiger partial charge in [0.15, 0.2) is 12.3 Å². The van der Waals surface area contributed by atoms with Gasteiger partial charge in [-0.25, -0.2) is 0 Å². The third-order valence-electron chi connectivity index (χ3n) is 20.8. The van der Waals surface area contributed by atoms with Gasteiger partial charge in [0.1, 0.15) is 36.3 Å². The van der Waals surface area contributed by atoms with Crippen molar-refractivity contribution in [3.05, 3.63) is 234 Å². The molecule has 0 saturated heterocycles. The lowest BCUT2D eigenvalue weighted by atomic mass is 9.79. The smallest absolute Gasteiger partial charge is 0.245 e. The molecule has 1 aromatic heterocycles. The molecule has 108 heavy (non-hydrogen) atoms. The lowest BCUT2D eigenvalue weighted by Gasteiger charge is -2.28. The maximum atomic E-state index is 15.4. The molecule has 0 radical (unpaired) electrons. The summed E-state index contributed by atoms with van der Waals surface area (Å²) in [6.45, 7) is 11.1. The molecule has 0 bridgehead atoms. The number of hydrogen-bond donors (Lipinski definition) is 11. The van der Waals surface area contributed by atoms with E-state index in [0.717, 1.165) is 66.4 Å². The van der Waals surface area contributed by atoms with Crippen LogP contribution in [-0.4, -0.2) is 136 Å². The van der Waals surface area contributed by atoms with Crippen molar-refractivity contribution in [1.82, 2.24) is 42.2 Å². The van der Waals surface area contributed by atoms with Gasteiger partial charge in [0, 0.05) is 90.4 Å². The molecule has 3 aliphatic heterocycles. The van der Waals surface area contributed by atoms with Gasteiger partial charge in [-0.15, -0.1) is 5.75 Å². The highest BCUT2D eigenvalue weighted by molar-refractivity contribution is 6.08. The Morgan fingerprint density at radius 1 is 0.593 bits per heavy atom. The Labute approximate surface area is 629 Å². The molecule has 13 N–H and O–H groups in total. The number of aliphatic hydroxyl groups excluding tert-OH is 1. The Hall–Kier alpha value is -11.5. The summed E-state index contributed by atoms with van der Waals surface area (Å²) < 4.78 is 2.16. The third-order valence-corrected chi connectivity index (χ3v) is 20.8. The summed E-state index contributed by atoms with van der Waals surface area (Å²) in [6.07, 6.45) is 15.6. The number of benzene rings is 7. The summed E-state index contributed by atoms with van der Waals surface area (Å²) in [5.41, 5.74) is 19.5. The van der Waals surface area contributed by atoms with E-state index < -0.39 is 94.5 Å². The standard InChI is InChI=1S/C86H98N12O10/c1-54(99)78-84(108)92-65(79(88)103)32-21-23-47-89-74(101)44-48-97-70-42-38-57-26-14-16-29-62(57)76(70)85(2,3)72(97)34-12-7-6-8-13-35-73-86(4,5)77-63-30-17-15-27-58(63)39-43-71(77)98(73)49-45-75(102)91-67(50-55-24-10-9-11-25-55)81(105)94-68(51-56-36-40-60(100)41-37-56)82(106)95-69(52-59-53-90-64-31-19-18-28-61(59)64)83(107)93-66(80(104)96-78)33-20-22-46-87/h6-19,24-31,34-43,53-54,65-69,78,90,99H,20-23,32-33,44-52,87H2,1-5H3,(H9-,88,89,91,92,93,94,95,96,100,101,102,103,104,105,106,107,108)/t54-,65+,66+,67-,68+,69-,78+/m1/s1. The summed E-state index contributed by atoms with van der Waals surface area (Å²) in [5.74, 6) is -5.96. The molecular formula is C86H98N12O10. The number of hydrogen-bond acceptors (Lipinski definition) is 12. The molecular weight excluding hydrogens is 1360 g/mol. The second-order valence-electron chi connectivity index (χ2n) is 29.2. The molecule has 22 heteroatoms. The first-order valence-corrected chi connectivity index (χ1v) is 37.3. The number of unbranched alkanes of at least 4 members (excludes halogenated alkanes) is 1. The van der Waals surface area contributed by atoms with E-state index >= 15 is 14.4 Å². The highest BCUT2D eigenvalue weighted by Crippen LogP contribution is 2.51. The van der Waals surface area contributed by atoms with E-state index in [1.165, 1.54) is 31.2 Å². The molecule has 3 aliphatic rings. The van der Waals surface area contributed by atoms with Crippen LogP contribution in [0.25, 0.3) is 32.4 Å². The van der Waals surface area contributed by atoms with Gasteiger partial charge < -0.3 is 68.8 Å². The fourth-order valence-corrected chi connectivity index (χ4v) is 15.2. The van der Waals surface area contributed by atoms with E-state index in [1.807, 2.05) is 109 Å². The molecule has 4 heterocycles. The maximum absolute atomic E-state index is 15.4. The minimum atomic E-state index is -1.66. The molecule has 11 rings (SSSR count). The Morgan fingerprint density at radius 2 is 1.19 bits per heavy atom. The van der Waals surface area contributed by atoms with Crippen LogP contribution in [-0.2, 0) is 68.4 Å². The first-order chi connectivity index (χ1) is 52.0. The molecule has 22 nitrogen and oxygen atoms in total. The van der Waals surface area contributed by atoms with Crippen molar-refractivity contribution in [3.8, 4) is 5.75 Å². The number of anilines is 1. The van der Waals surface area contributed by atoms with Gasteiger partial charge in [0.2, 0.25) is 52.9 Å². The highest BCUT2D eigenvalue weighted by Gasteiger charge is 2.46. The summed E-state index contributed by atoms with van der Waals surface area (Å²) in [4.78, 5) is 122. The average Bonchev–Trinajstić information content (AvgIpc) is 1.58. The zero-order valence-electron chi connectivity index (χ0n) is 61.9. The van der Waals surface area contributed by atoms with Gasteiger partial charge >= 0.3 is 0 Å². The number of aliphatic hydroxyl groups is 1. The molecule has 562 valence electrons. The summed E-state index contributed by atoms with van der Waals surface area (Å²) in [5, 5.41) is 48.6. The fraction of sp³-hybridized carbons (Fsp3) is 0.337. The normalized spacial score (nSPS) is 22.8. The number of nitrogens with one attached hydrogen (secondary N) is 8. The van der Waals surface area contributed by atoms with Crippen LogP contribution in [0.5, 0.6) is 5.75 Å². The van der Waals surface area contributed by atoms with Crippen LogP contribution < -0.4 is 58.7 Å². The van der Waals surface area contributed by atoms with Crippen LogP contribution in [0.3, 0.4) is 0 Å². The molecule has 8 aromatic rings. The van der Waals surface area contributed by atoms with Crippen LogP contribution in [0.15, 0.2) is 206 Å². The number of aromatic amines is 1. The van der Waals surface area contributed by atoms with Crippen molar-refractivity contribution >= 4 is 96.8 Å². The molecule has 7 aromatic carbocycles. The second kappa shape index (κ2) is 35.3. The lowest BCUT2D eigenvalue weighted by Crippen LogP contribution is -2.61. The number of aromatic nitrogens is 1. The van der Waals surface area contributed by atoms with E-state index in [9.17, 15) is 34.2 Å². The number of nitrogens with zero attached hydrogens (tertiary/aromatic N) is 2. The SMILES string of the molecule is C[C@@H](O)[C@@H]1NC(=O)[C@H](CCCCN)NC(=O)[C@@H](Cc2c[nH]c3ccccc23)NC(=O)[C@H](Cc2ccc([O-])cc2)NC(=O)[C@@H](Cc2ccccc2)NC(=O)CC[N+]2=C(/C=C/C=C/C=C/C=C3/N(CCC(=O)NCCCC[C@@H](C(N)=O)NC1=O)c1ccc4ccccc4c1C3(C)C)C(C)(C)c1c2ccc2ccccc12. The predicted octanol–water partition coefficient (Wildman–Crippen LogP) is 7.99. The van der Waals surface area contributed by atoms with E-state index in [-0.39, 0.29) is 76.2 Å². The van der Waals surface area contributed by atoms with Crippen molar-refractivity contribution < 1.29 is 53.1 Å². The largest absolute Gasteiger partial charge is 0.872 e. The van der Waals surface area contributed by atoms with E-state index in [1.54, 1.807) is 6.20 Å². The predicted molar refractivity (Wildman–Crippen MR) is 420 cm³/mol. The number of carbonyl (C=O) groups excluding carboxylic acids is 8. The number of para-hydroxylation sites is 1. The Morgan fingerprint density at radius 3 is 1.87 bits per heavy atom. The Bertz CT molecular complexity index is 4800. The topological polar surface area (TPSA) is 338 Å². The number of H-pyrrole nitrogens is 1. The molecule has 0 aliphatic carbocycles. The first kappa shape index (κ1) is 77.6. The van der Waals surface area contributed by atoms with Crippen LogP contribution in [0.2, 0.25) is 0 Å². The van der Waals surface area contributed by atoms with Crippen molar-refractivity contribution in [2.24, 2.45) is 11.5 Å². The monoisotopic (exact) mass is 1460 g/mol. The average molecular weight is 1460 g/mol. The molecule has 0 saturated carbocycles. The van der Waals surface area contributed by atoms with Crippen LogP contribution >= 0.6 is 0 Å². The number of amides is 8. The van der Waals surface area contributed by atoms with Gasteiger partial charge in [0.25, 0.3) is 0 Å². The molecule has 0 fully saturated rings. The Balaban J connectivity index is 0.939. The van der Waals surface area contributed by atoms with E-state index in [0.29, 0.717) is 48.9 Å². The van der Waals surface area contributed by atoms with Crippen molar-refractivity contribution in [2.75, 3.05) is 31.1 Å². The fourth-order valence-electron chi connectivity index (χ4n) is 15.2. The number of rotatable bonds is 12. The molecule has 7 atom stereocenters. The molecule has 8 amide bonds. The van der Waals surface area contributed by atoms with Gasteiger partial charge in [-0.3, -0.25) is 38.4 Å². The number of carbonyl (C=O) groups is 8. The highest BCUT2D eigenvalue weighted by atomic mass is 16.3. The van der Waals surface area contributed by atoms with Crippen molar-refractivity contribution in [2.45, 2.75) is 158 Å². The van der Waals surface area contributed by atoms with E-state index in [4.69, 9.17) is 11.5 Å². The molecule has 0 spiro atoms. The van der Waals surface area contributed by atoms with Crippen LogP contribution in [0.1, 0.15) is 114 Å². The number of nitrogens with two attached hydrogens (primary N) is 2.